The predicted octanol–water partition coefficient (Wildman–Crippen LogP) is 3.10. The molecular weight excluding hydrogens is 508 g/mol. The van der Waals surface area contributed by atoms with Gasteiger partial charge in [-0.3, -0.25) is 4.99 Å². The van der Waals surface area contributed by atoms with Crippen LogP contribution in [0, 0.1) is 0 Å². The largest absolute Gasteiger partial charge is 0.390 e. The Balaban J connectivity index is 0.00000392. The molecule has 1 saturated heterocycles. The predicted molar refractivity (Wildman–Crippen MR) is 113 cm³/mol. The number of hydrogen-bond donors (Lipinski definition) is 2. The number of benzene rings is 1. The van der Waals surface area contributed by atoms with E-state index in [0.29, 0.717) is 18.7 Å². The lowest BCUT2D eigenvalue weighted by Gasteiger charge is -2.26. The second kappa shape index (κ2) is 11.2. The molecule has 0 saturated carbocycles. The summed E-state index contributed by atoms with van der Waals surface area (Å²) >= 11 is 0. The Bertz CT molecular complexity index is 751. The summed E-state index contributed by atoms with van der Waals surface area (Å²) in [6.07, 6.45) is -2.43. The van der Waals surface area contributed by atoms with Crippen LogP contribution in [0.5, 0.6) is 0 Å². The first-order valence-electron chi connectivity index (χ1n) is 8.83. The number of guanidine groups is 1. The minimum atomic E-state index is -4.23. The van der Waals surface area contributed by atoms with Crippen LogP contribution < -0.4 is 10.6 Å². The third-order valence-corrected chi connectivity index (χ3v) is 6.13. The molecule has 2 rings (SSSR count). The molecule has 2 N–H and O–H groups in total. The molecule has 0 spiro atoms. The summed E-state index contributed by atoms with van der Waals surface area (Å²) in [4.78, 5) is 4.09. The zero-order valence-electron chi connectivity index (χ0n) is 15.6. The van der Waals surface area contributed by atoms with E-state index in [4.69, 9.17) is 0 Å². The van der Waals surface area contributed by atoms with E-state index in [9.17, 15) is 21.6 Å². The van der Waals surface area contributed by atoms with Crippen molar-refractivity contribution in [3.63, 3.8) is 0 Å². The van der Waals surface area contributed by atoms with Crippen molar-refractivity contribution >= 4 is 40.0 Å². The van der Waals surface area contributed by atoms with E-state index in [1.807, 2.05) is 0 Å². The highest BCUT2D eigenvalue weighted by Crippen LogP contribution is 2.21. The smallest absolute Gasteiger partial charge is 0.356 e. The van der Waals surface area contributed by atoms with Crippen LogP contribution in [0.4, 0.5) is 13.2 Å². The van der Waals surface area contributed by atoms with Gasteiger partial charge >= 0.3 is 6.18 Å². The van der Waals surface area contributed by atoms with E-state index in [0.717, 1.165) is 19.3 Å². The molecule has 11 heteroatoms. The van der Waals surface area contributed by atoms with Crippen molar-refractivity contribution in [3.05, 3.63) is 29.8 Å². The molecule has 6 nitrogen and oxygen atoms in total. The number of alkyl halides is 3. The van der Waals surface area contributed by atoms with Gasteiger partial charge in [0.15, 0.2) is 5.96 Å². The van der Waals surface area contributed by atoms with Crippen LogP contribution in [0.1, 0.15) is 31.2 Å². The fraction of sp³-hybridized carbons (Fsp3) is 0.588. The van der Waals surface area contributed by atoms with Crippen molar-refractivity contribution in [2.45, 2.75) is 43.3 Å². The molecule has 28 heavy (non-hydrogen) atoms. The summed E-state index contributed by atoms with van der Waals surface area (Å²) in [5.74, 6) is 0.226. The Morgan fingerprint density at radius 1 is 1.18 bits per heavy atom. The summed E-state index contributed by atoms with van der Waals surface area (Å²) in [6, 6.07) is 6.56. The monoisotopic (exact) mass is 534 g/mol. The maximum absolute atomic E-state index is 12.7. The fourth-order valence-electron chi connectivity index (χ4n) is 2.80. The van der Waals surface area contributed by atoms with Crippen molar-refractivity contribution in [1.82, 2.24) is 14.9 Å². The molecule has 160 valence electrons. The molecule has 0 amide bonds. The van der Waals surface area contributed by atoms with E-state index in [2.05, 4.69) is 15.6 Å². The number of aliphatic imine (C=N–C) groups is 1. The highest BCUT2D eigenvalue weighted by atomic mass is 127. The van der Waals surface area contributed by atoms with Crippen LogP contribution in [0.3, 0.4) is 0 Å². The molecule has 1 fully saturated rings. The van der Waals surface area contributed by atoms with Crippen LogP contribution in [0.15, 0.2) is 34.2 Å². The molecule has 0 bridgehead atoms. The first kappa shape index (κ1) is 25.0. The third-order valence-electron chi connectivity index (χ3n) is 4.24. The number of nitrogens with zero attached hydrogens (tertiary/aromatic N) is 2. The Labute approximate surface area is 181 Å². The van der Waals surface area contributed by atoms with Gasteiger partial charge < -0.3 is 10.6 Å². The zero-order valence-corrected chi connectivity index (χ0v) is 18.8. The number of hydrogen-bond acceptors (Lipinski definition) is 3. The third kappa shape index (κ3) is 7.74. The lowest BCUT2D eigenvalue weighted by atomic mass is 10.2. The highest BCUT2D eigenvalue weighted by Gasteiger charge is 2.27. The van der Waals surface area contributed by atoms with Crippen molar-refractivity contribution < 1.29 is 21.6 Å². The maximum Gasteiger partial charge on any atom is 0.390 e. The van der Waals surface area contributed by atoms with Gasteiger partial charge in [0.05, 0.1) is 11.3 Å². The average molecular weight is 534 g/mol. The number of halogens is 4. The molecule has 0 aliphatic carbocycles. The van der Waals surface area contributed by atoms with Gasteiger partial charge in [-0.2, -0.15) is 17.5 Å². The van der Waals surface area contributed by atoms with E-state index >= 15 is 0 Å². The van der Waals surface area contributed by atoms with Gasteiger partial charge in [0, 0.05) is 33.2 Å². The maximum atomic E-state index is 12.7. The van der Waals surface area contributed by atoms with Crippen molar-refractivity contribution in [2.75, 3.05) is 26.7 Å². The van der Waals surface area contributed by atoms with E-state index in [1.165, 1.54) is 11.4 Å². The lowest BCUT2D eigenvalue weighted by molar-refractivity contribution is -0.132. The standard InChI is InChI=1S/C17H25F3N4O2S.HI/c1-21-16(22-9-8-17(18,19)20)23-13-14-6-5-7-15(12-14)27(25,26)24-10-3-2-4-11-24;/h5-7,12H,2-4,8-11,13H2,1H3,(H2,21,22,23);1H. The number of sulfonamides is 1. The summed E-state index contributed by atoms with van der Waals surface area (Å²) in [7, 11) is -2.07. The van der Waals surface area contributed by atoms with Crippen molar-refractivity contribution in [1.29, 1.82) is 0 Å². The van der Waals surface area contributed by atoms with Gasteiger partial charge in [-0.25, -0.2) is 8.42 Å². The van der Waals surface area contributed by atoms with E-state index < -0.39 is 22.6 Å². The van der Waals surface area contributed by atoms with Gasteiger partial charge in [0.25, 0.3) is 0 Å². The zero-order chi connectivity index (χ0) is 19.9. The quantitative estimate of drug-likeness (QED) is 0.335. The van der Waals surface area contributed by atoms with E-state index in [-0.39, 0.29) is 47.9 Å². The molecule has 1 aromatic rings. The summed E-state index contributed by atoms with van der Waals surface area (Å²) in [6.45, 7) is 1.02. The molecule has 0 unspecified atom stereocenters. The Morgan fingerprint density at radius 2 is 1.86 bits per heavy atom. The minimum Gasteiger partial charge on any atom is -0.356 e. The second-order valence-corrected chi connectivity index (χ2v) is 8.27. The van der Waals surface area contributed by atoms with Crippen LogP contribution in [0.25, 0.3) is 0 Å². The minimum absolute atomic E-state index is 0. The van der Waals surface area contributed by atoms with Gasteiger partial charge in [0.2, 0.25) is 10.0 Å². The molecule has 1 aromatic carbocycles. The molecular formula is C17H26F3IN4O2S. The molecule has 1 aliphatic rings. The van der Waals surface area contributed by atoms with E-state index in [1.54, 1.807) is 24.3 Å². The summed E-state index contributed by atoms with van der Waals surface area (Å²) in [5, 5.41) is 5.48. The topological polar surface area (TPSA) is 73.8 Å². The fourth-order valence-corrected chi connectivity index (χ4v) is 4.39. The summed E-state index contributed by atoms with van der Waals surface area (Å²) in [5.41, 5.74) is 0.701. The Kier molecular flexibility index (Phi) is 9.98. The van der Waals surface area contributed by atoms with Crippen molar-refractivity contribution in [2.24, 2.45) is 4.99 Å². The number of nitrogens with one attached hydrogen (secondary N) is 2. The van der Waals surface area contributed by atoms with Crippen molar-refractivity contribution in [3.8, 4) is 0 Å². The van der Waals surface area contributed by atoms with Crippen LogP contribution in [-0.2, 0) is 16.6 Å². The molecule has 1 heterocycles. The highest BCUT2D eigenvalue weighted by molar-refractivity contribution is 14.0. The first-order valence-corrected chi connectivity index (χ1v) is 10.3. The Morgan fingerprint density at radius 3 is 2.46 bits per heavy atom. The van der Waals surface area contributed by atoms with Gasteiger partial charge in [-0.1, -0.05) is 18.6 Å². The van der Waals surface area contributed by atoms with Crippen LogP contribution >= 0.6 is 24.0 Å². The van der Waals surface area contributed by atoms with Gasteiger partial charge in [-0.05, 0) is 30.5 Å². The number of piperidine rings is 1. The lowest BCUT2D eigenvalue weighted by Crippen LogP contribution is -2.38. The van der Waals surface area contributed by atoms with Crippen LogP contribution in [0.2, 0.25) is 0 Å². The Hall–Kier alpha value is -1.08. The molecule has 0 radical (unpaired) electrons. The first-order chi connectivity index (χ1) is 12.7. The van der Waals surface area contributed by atoms with Gasteiger partial charge in [0.1, 0.15) is 0 Å². The number of rotatable bonds is 6. The SMILES string of the molecule is CN=C(NCCC(F)(F)F)NCc1cccc(S(=O)(=O)N2CCCCC2)c1.I. The van der Waals surface area contributed by atoms with Gasteiger partial charge in [-0.15, -0.1) is 24.0 Å². The normalized spacial score (nSPS) is 16.4. The molecule has 0 atom stereocenters. The van der Waals surface area contributed by atoms with Crippen LogP contribution in [-0.4, -0.2) is 51.5 Å². The summed E-state index contributed by atoms with van der Waals surface area (Å²) < 4.78 is 63.6. The second-order valence-electron chi connectivity index (χ2n) is 6.33. The molecule has 1 aliphatic heterocycles. The average Bonchev–Trinajstić information content (AvgIpc) is 2.64. The molecule has 0 aromatic heterocycles.